The Morgan fingerprint density at radius 2 is 1.79 bits per heavy atom. The number of carbonyl (C=O) groups is 1. The molecule has 2 N–H and O–H groups in total. The topological polar surface area (TPSA) is 61.8 Å². The lowest BCUT2D eigenvalue weighted by Crippen LogP contribution is -2.45. The summed E-state index contributed by atoms with van der Waals surface area (Å²) in [6.07, 6.45) is 2.01. The molecule has 28 heavy (non-hydrogen) atoms. The highest BCUT2D eigenvalue weighted by Gasteiger charge is 2.35. The fourth-order valence-corrected chi connectivity index (χ4v) is 3.84. The molecule has 2 aromatic carbocycles. The minimum Gasteiger partial charge on any atom is -0.390 e. The van der Waals surface area contributed by atoms with Crippen molar-refractivity contribution in [2.24, 2.45) is 0 Å². The summed E-state index contributed by atoms with van der Waals surface area (Å²) in [6, 6.07) is 18.1. The number of benzene rings is 2. The van der Waals surface area contributed by atoms with Gasteiger partial charge in [-0.25, -0.2) is 0 Å². The maximum absolute atomic E-state index is 11.1. The van der Waals surface area contributed by atoms with Gasteiger partial charge in [-0.1, -0.05) is 42.5 Å². The summed E-state index contributed by atoms with van der Waals surface area (Å²) < 4.78 is 5.66. The third-order valence-corrected chi connectivity index (χ3v) is 5.49. The lowest BCUT2D eigenvalue weighted by Gasteiger charge is -2.40. The van der Waals surface area contributed by atoms with Gasteiger partial charge in [-0.3, -0.25) is 9.69 Å². The quantitative estimate of drug-likeness (QED) is 0.766. The highest BCUT2D eigenvalue weighted by atomic mass is 16.5. The first-order chi connectivity index (χ1) is 13.5. The zero-order valence-electron chi connectivity index (χ0n) is 16.7. The Morgan fingerprint density at radius 1 is 1.14 bits per heavy atom. The number of rotatable bonds is 7. The first-order valence-electron chi connectivity index (χ1n) is 9.86. The van der Waals surface area contributed by atoms with Crippen LogP contribution >= 0.6 is 0 Å². The van der Waals surface area contributed by atoms with Gasteiger partial charge < -0.3 is 15.2 Å². The van der Waals surface area contributed by atoms with Crippen molar-refractivity contribution in [2.45, 2.75) is 44.4 Å². The number of aliphatic hydroxyl groups is 1. The van der Waals surface area contributed by atoms with Gasteiger partial charge in [0, 0.05) is 45.8 Å². The molecule has 1 aliphatic heterocycles. The van der Waals surface area contributed by atoms with Crippen LogP contribution in [0.15, 0.2) is 54.6 Å². The van der Waals surface area contributed by atoms with Crippen LogP contribution < -0.4 is 5.32 Å². The molecule has 0 aliphatic carbocycles. The number of methoxy groups -OCH3 is 1. The average Bonchev–Trinajstić information content (AvgIpc) is 2.70. The Hall–Kier alpha value is -2.21. The maximum Gasteiger partial charge on any atom is 0.221 e. The van der Waals surface area contributed by atoms with Gasteiger partial charge in [0.05, 0.1) is 11.7 Å². The molecule has 5 heteroatoms. The molecular formula is C23H30N2O3. The van der Waals surface area contributed by atoms with Crippen molar-refractivity contribution in [3.63, 3.8) is 0 Å². The summed E-state index contributed by atoms with van der Waals surface area (Å²) in [4.78, 5) is 13.5. The van der Waals surface area contributed by atoms with E-state index in [-0.39, 0.29) is 12.0 Å². The molecule has 0 radical (unpaired) electrons. The van der Waals surface area contributed by atoms with Crippen LogP contribution in [0.25, 0.3) is 0 Å². The number of piperidine rings is 1. The van der Waals surface area contributed by atoms with Crippen LogP contribution in [0.5, 0.6) is 0 Å². The van der Waals surface area contributed by atoms with E-state index >= 15 is 0 Å². The number of carbonyl (C=O) groups excluding carboxylic acids is 1. The number of nitrogens with zero attached hydrogens (tertiary/aromatic N) is 1. The zero-order valence-corrected chi connectivity index (χ0v) is 16.7. The fraction of sp³-hybridized carbons (Fsp3) is 0.435. The third kappa shape index (κ3) is 5.64. The molecule has 3 rings (SSSR count). The lowest BCUT2D eigenvalue weighted by molar-refractivity contribution is -0.114. The van der Waals surface area contributed by atoms with Crippen molar-refractivity contribution in [3.8, 4) is 0 Å². The molecule has 1 heterocycles. The van der Waals surface area contributed by atoms with Crippen LogP contribution in [0.3, 0.4) is 0 Å². The zero-order chi connectivity index (χ0) is 20.0. The normalized spacial score (nSPS) is 17.8. The van der Waals surface area contributed by atoms with Gasteiger partial charge in [0.2, 0.25) is 5.91 Å². The SMILES string of the molecule is COC(CC1(O)CCN(Cc2ccc(NC(C)=O)cc2)CC1)c1ccccc1. The van der Waals surface area contributed by atoms with Crippen LogP contribution in [0.4, 0.5) is 5.69 Å². The van der Waals surface area contributed by atoms with Gasteiger partial charge in [-0.15, -0.1) is 0 Å². The molecule has 150 valence electrons. The minimum atomic E-state index is -0.692. The van der Waals surface area contributed by atoms with E-state index < -0.39 is 5.60 Å². The second kappa shape index (κ2) is 9.32. The van der Waals surface area contributed by atoms with E-state index in [2.05, 4.69) is 22.3 Å². The van der Waals surface area contributed by atoms with E-state index in [0.29, 0.717) is 6.42 Å². The molecule has 1 unspecified atom stereocenters. The number of anilines is 1. The van der Waals surface area contributed by atoms with Crippen LogP contribution in [-0.2, 0) is 16.1 Å². The summed E-state index contributed by atoms with van der Waals surface area (Å²) in [6.45, 7) is 4.07. The van der Waals surface area contributed by atoms with E-state index in [1.165, 1.54) is 12.5 Å². The maximum atomic E-state index is 11.1. The average molecular weight is 383 g/mol. The molecule has 0 saturated carbocycles. The largest absolute Gasteiger partial charge is 0.390 e. The molecule has 0 aromatic heterocycles. The molecule has 1 amide bonds. The second-order valence-electron chi connectivity index (χ2n) is 7.72. The van der Waals surface area contributed by atoms with Gasteiger partial charge in [-0.2, -0.15) is 0 Å². The molecule has 5 nitrogen and oxygen atoms in total. The van der Waals surface area contributed by atoms with Gasteiger partial charge in [-0.05, 0) is 36.1 Å². The van der Waals surface area contributed by atoms with Crippen molar-refractivity contribution in [1.82, 2.24) is 4.90 Å². The molecule has 0 bridgehead atoms. The Balaban J connectivity index is 1.52. The summed E-state index contributed by atoms with van der Waals surface area (Å²) in [5.74, 6) is -0.0621. The highest BCUT2D eigenvalue weighted by molar-refractivity contribution is 5.88. The van der Waals surface area contributed by atoms with Gasteiger partial charge in [0.15, 0.2) is 0 Å². The Labute approximate surface area is 167 Å². The number of hydrogen-bond donors (Lipinski definition) is 2. The lowest BCUT2D eigenvalue weighted by atomic mass is 9.84. The predicted octanol–water partition coefficient (Wildman–Crippen LogP) is 3.75. The van der Waals surface area contributed by atoms with Crippen LogP contribution in [0.1, 0.15) is 43.4 Å². The predicted molar refractivity (Wildman–Crippen MR) is 111 cm³/mol. The van der Waals surface area contributed by atoms with E-state index in [0.717, 1.165) is 43.7 Å². The Kier molecular flexibility index (Phi) is 6.83. The Bertz CT molecular complexity index is 753. The van der Waals surface area contributed by atoms with Crippen molar-refractivity contribution >= 4 is 11.6 Å². The molecule has 0 spiro atoms. The first kappa shape index (κ1) is 20.5. The molecular weight excluding hydrogens is 352 g/mol. The minimum absolute atomic E-state index is 0.0621. The number of hydrogen-bond acceptors (Lipinski definition) is 4. The van der Waals surface area contributed by atoms with Gasteiger partial charge >= 0.3 is 0 Å². The number of nitrogens with one attached hydrogen (secondary N) is 1. The van der Waals surface area contributed by atoms with Crippen molar-refractivity contribution < 1.29 is 14.6 Å². The smallest absolute Gasteiger partial charge is 0.221 e. The van der Waals surface area contributed by atoms with Crippen molar-refractivity contribution in [2.75, 3.05) is 25.5 Å². The van der Waals surface area contributed by atoms with Crippen LogP contribution in [0, 0.1) is 0 Å². The van der Waals surface area contributed by atoms with E-state index in [1.807, 2.05) is 42.5 Å². The van der Waals surface area contributed by atoms with Crippen LogP contribution in [-0.4, -0.2) is 41.7 Å². The fourth-order valence-electron chi connectivity index (χ4n) is 3.84. The third-order valence-electron chi connectivity index (χ3n) is 5.49. The summed E-state index contributed by atoms with van der Waals surface area (Å²) in [5, 5.41) is 13.9. The summed E-state index contributed by atoms with van der Waals surface area (Å²) in [5.41, 5.74) is 2.44. The second-order valence-corrected chi connectivity index (χ2v) is 7.72. The van der Waals surface area contributed by atoms with Gasteiger partial charge in [0.1, 0.15) is 0 Å². The van der Waals surface area contributed by atoms with E-state index in [9.17, 15) is 9.90 Å². The molecule has 1 aliphatic rings. The van der Waals surface area contributed by atoms with E-state index in [1.54, 1.807) is 7.11 Å². The number of ether oxygens (including phenoxy) is 1. The van der Waals surface area contributed by atoms with Crippen molar-refractivity contribution in [3.05, 3.63) is 65.7 Å². The highest BCUT2D eigenvalue weighted by Crippen LogP contribution is 2.34. The molecule has 2 aromatic rings. The molecule has 1 fully saturated rings. The monoisotopic (exact) mass is 382 g/mol. The van der Waals surface area contributed by atoms with Crippen LogP contribution in [0.2, 0.25) is 0 Å². The van der Waals surface area contributed by atoms with Crippen molar-refractivity contribution in [1.29, 1.82) is 0 Å². The first-order valence-corrected chi connectivity index (χ1v) is 9.86. The summed E-state index contributed by atoms with van der Waals surface area (Å²) >= 11 is 0. The number of likely N-dealkylation sites (tertiary alicyclic amines) is 1. The van der Waals surface area contributed by atoms with E-state index in [4.69, 9.17) is 4.74 Å². The molecule has 1 saturated heterocycles. The van der Waals surface area contributed by atoms with Gasteiger partial charge in [0.25, 0.3) is 0 Å². The summed E-state index contributed by atoms with van der Waals surface area (Å²) in [7, 11) is 1.71. The molecule has 1 atom stereocenters. The standard InChI is InChI=1S/C23H30N2O3/c1-18(26)24-21-10-8-19(9-11-21)17-25-14-12-23(27,13-15-25)16-22(28-2)20-6-4-3-5-7-20/h3-11,22,27H,12-17H2,1-2H3,(H,24,26). The number of amides is 1. The Morgan fingerprint density at radius 3 is 2.36 bits per heavy atom.